The maximum Gasteiger partial charge on any atom is 0.407 e. The van der Waals surface area contributed by atoms with Crippen LogP contribution in [0.25, 0.3) is 0 Å². The summed E-state index contributed by atoms with van der Waals surface area (Å²) < 4.78 is 16.3. The molecule has 7 heteroatoms. The number of benzene rings is 1. The Labute approximate surface area is 151 Å². The van der Waals surface area contributed by atoms with E-state index in [9.17, 15) is 9.59 Å². The number of unbranched alkanes of at least 4 members (excludes halogenated alkanes) is 1. The van der Waals surface area contributed by atoms with Crippen molar-refractivity contribution in [3.63, 3.8) is 0 Å². The van der Waals surface area contributed by atoms with Gasteiger partial charge in [-0.3, -0.25) is 0 Å². The number of methoxy groups -OCH3 is 1. The number of esters is 1. The topological polar surface area (TPSA) is 73.9 Å². The quantitative estimate of drug-likeness (QED) is 0.553. The van der Waals surface area contributed by atoms with E-state index in [1.165, 1.54) is 7.11 Å². The fourth-order valence-corrected chi connectivity index (χ4v) is 2.17. The molecule has 0 saturated heterocycles. The van der Waals surface area contributed by atoms with E-state index in [1.807, 2.05) is 20.8 Å². The van der Waals surface area contributed by atoms with Gasteiger partial charge in [0.15, 0.2) is 0 Å². The lowest BCUT2D eigenvalue weighted by Crippen LogP contribution is -2.33. The molecule has 0 aliphatic rings. The first-order chi connectivity index (χ1) is 11.2. The largest absolute Gasteiger partial charge is 0.493 e. The Bertz CT molecular complexity index is 569. The lowest BCUT2D eigenvalue weighted by atomic mass is 10.2. The lowest BCUT2D eigenvalue weighted by molar-refractivity contribution is 0.0524. The molecule has 1 aromatic rings. The van der Waals surface area contributed by atoms with Gasteiger partial charge in [0.1, 0.15) is 16.9 Å². The van der Waals surface area contributed by atoms with Crippen molar-refractivity contribution in [1.82, 2.24) is 5.32 Å². The highest BCUT2D eigenvalue weighted by Crippen LogP contribution is 2.24. The van der Waals surface area contributed by atoms with E-state index in [1.54, 1.807) is 18.2 Å². The average molecular weight is 402 g/mol. The summed E-state index contributed by atoms with van der Waals surface area (Å²) in [5.74, 6) is 0.0306. The Balaban J connectivity index is 2.34. The van der Waals surface area contributed by atoms with Gasteiger partial charge in [-0.15, -0.1) is 0 Å². The van der Waals surface area contributed by atoms with E-state index in [0.717, 1.165) is 17.3 Å². The van der Waals surface area contributed by atoms with Gasteiger partial charge in [-0.05, 0) is 51.8 Å². The highest BCUT2D eigenvalue weighted by molar-refractivity contribution is 9.10. The van der Waals surface area contributed by atoms with Crippen molar-refractivity contribution in [1.29, 1.82) is 0 Å². The molecule has 6 nitrogen and oxygen atoms in total. The SMILES string of the molecule is COC(=O)c1cc(Br)ccc1OCCCCNC(=O)OC(C)(C)C. The van der Waals surface area contributed by atoms with Crippen molar-refractivity contribution in [3.05, 3.63) is 28.2 Å². The molecule has 0 heterocycles. The minimum Gasteiger partial charge on any atom is -0.493 e. The highest BCUT2D eigenvalue weighted by Gasteiger charge is 2.15. The van der Waals surface area contributed by atoms with Crippen molar-refractivity contribution >= 4 is 28.0 Å². The number of alkyl carbamates (subject to hydrolysis) is 1. The molecule has 0 unspecified atom stereocenters. The predicted molar refractivity (Wildman–Crippen MR) is 94.4 cm³/mol. The maximum atomic E-state index is 11.7. The number of hydrogen-bond donors (Lipinski definition) is 1. The number of carbonyl (C=O) groups is 2. The molecule has 0 spiro atoms. The summed E-state index contributed by atoms with van der Waals surface area (Å²) >= 11 is 3.31. The second kappa shape index (κ2) is 9.52. The first kappa shape index (κ1) is 20.3. The molecule has 0 atom stereocenters. The minimum atomic E-state index is -0.501. The van der Waals surface area contributed by atoms with Gasteiger partial charge in [0.05, 0.1) is 13.7 Å². The van der Waals surface area contributed by atoms with Crippen LogP contribution in [0.1, 0.15) is 44.0 Å². The molecule has 134 valence electrons. The van der Waals surface area contributed by atoms with Crippen LogP contribution in [0.5, 0.6) is 5.75 Å². The number of rotatable bonds is 7. The minimum absolute atomic E-state index is 0.374. The third-order valence-corrected chi connectivity index (χ3v) is 3.34. The van der Waals surface area contributed by atoms with Gasteiger partial charge >= 0.3 is 12.1 Å². The number of hydrogen-bond acceptors (Lipinski definition) is 5. The summed E-state index contributed by atoms with van der Waals surface area (Å²) in [5, 5.41) is 2.69. The van der Waals surface area contributed by atoms with Gasteiger partial charge in [0.2, 0.25) is 0 Å². The van der Waals surface area contributed by atoms with Crippen LogP contribution in [0.15, 0.2) is 22.7 Å². The first-order valence-corrected chi connectivity index (χ1v) is 8.50. The number of halogens is 1. The van der Waals surface area contributed by atoms with Gasteiger partial charge in [-0.2, -0.15) is 0 Å². The Morgan fingerprint density at radius 1 is 1.21 bits per heavy atom. The fraction of sp³-hybridized carbons (Fsp3) is 0.529. The van der Waals surface area contributed by atoms with Crippen molar-refractivity contribution in [2.45, 2.75) is 39.2 Å². The Kier molecular flexibility index (Phi) is 8.04. The van der Waals surface area contributed by atoms with Gasteiger partial charge in [-0.1, -0.05) is 15.9 Å². The van der Waals surface area contributed by atoms with E-state index >= 15 is 0 Å². The molecule has 0 fully saturated rings. The molecule has 1 N–H and O–H groups in total. The highest BCUT2D eigenvalue weighted by atomic mass is 79.9. The molecule has 0 bridgehead atoms. The first-order valence-electron chi connectivity index (χ1n) is 7.70. The molecule has 24 heavy (non-hydrogen) atoms. The van der Waals surface area contributed by atoms with E-state index < -0.39 is 17.7 Å². The summed E-state index contributed by atoms with van der Waals surface area (Å²) in [5.41, 5.74) is -0.127. The summed E-state index contributed by atoms with van der Waals surface area (Å²) in [6.07, 6.45) is 1.04. The number of carbonyl (C=O) groups excluding carboxylic acids is 2. The van der Waals surface area contributed by atoms with Crippen molar-refractivity contribution in [2.75, 3.05) is 20.3 Å². The zero-order chi connectivity index (χ0) is 18.2. The predicted octanol–water partition coefficient (Wildman–Crippen LogP) is 3.92. The van der Waals surface area contributed by atoms with Crippen LogP contribution in [0, 0.1) is 0 Å². The van der Waals surface area contributed by atoms with Gasteiger partial charge in [0, 0.05) is 11.0 Å². The number of nitrogens with one attached hydrogen (secondary N) is 1. The number of ether oxygens (including phenoxy) is 3. The van der Waals surface area contributed by atoms with E-state index in [2.05, 4.69) is 21.2 Å². The van der Waals surface area contributed by atoms with E-state index in [4.69, 9.17) is 14.2 Å². The monoisotopic (exact) mass is 401 g/mol. The van der Waals surface area contributed by atoms with Crippen molar-refractivity contribution < 1.29 is 23.8 Å². The maximum absolute atomic E-state index is 11.7. The zero-order valence-corrected chi connectivity index (χ0v) is 16.1. The third-order valence-electron chi connectivity index (χ3n) is 2.84. The lowest BCUT2D eigenvalue weighted by Gasteiger charge is -2.19. The van der Waals surface area contributed by atoms with Gasteiger partial charge in [-0.25, -0.2) is 9.59 Å². The molecule has 0 saturated carbocycles. The molecular weight excluding hydrogens is 378 g/mol. The molecule has 1 rings (SSSR count). The van der Waals surface area contributed by atoms with Crippen LogP contribution in [-0.2, 0) is 9.47 Å². The second-order valence-corrected chi connectivity index (χ2v) is 7.03. The second-order valence-electron chi connectivity index (χ2n) is 6.12. The zero-order valence-electron chi connectivity index (χ0n) is 14.5. The van der Waals surface area contributed by atoms with Crippen molar-refractivity contribution in [2.24, 2.45) is 0 Å². The smallest absolute Gasteiger partial charge is 0.407 e. The molecule has 0 radical (unpaired) electrons. The fourth-order valence-electron chi connectivity index (χ4n) is 1.81. The van der Waals surface area contributed by atoms with Crippen LogP contribution in [0.3, 0.4) is 0 Å². The normalized spacial score (nSPS) is 10.9. The molecule has 0 aromatic heterocycles. The summed E-state index contributed by atoms with van der Waals surface area (Å²) in [6.45, 7) is 6.39. The van der Waals surface area contributed by atoms with Crippen molar-refractivity contribution in [3.8, 4) is 5.75 Å². The van der Waals surface area contributed by atoms with Crippen LogP contribution >= 0.6 is 15.9 Å². The number of amides is 1. The third kappa shape index (κ3) is 7.68. The molecule has 1 amide bonds. The Morgan fingerprint density at radius 2 is 1.92 bits per heavy atom. The van der Waals surface area contributed by atoms with Crippen LogP contribution < -0.4 is 10.1 Å². The van der Waals surface area contributed by atoms with E-state index in [0.29, 0.717) is 24.5 Å². The summed E-state index contributed by atoms with van der Waals surface area (Å²) in [7, 11) is 1.33. The van der Waals surface area contributed by atoms with Crippen LogP contribution in [0.4, 0.5) is 4.79 Å². The van der Waals surface area contributed by atoms with E-state index in [-0.39, 0.29) is 0 Å². The Hall–Kier alpha value is -1.76. The van der Waals surface area contributed by atoms with Crippen LogP contribution in [-0.4, -0.2) is 37.9 Å². The molecule has 0 aliphatic heterocycles. The Morgan fingerprint density at radius 3 is 2.54 bits per heavy atom. The van der Waals surface area contributed by atoms with Gasteiger partial charge < -0.3 is 19.5 Å². The summed E-state index contributed by atoms with van der Waals surface area (Å²) in [6, 6.07) is 5.17. The average Bonchev–Trinajstić information content (AvgIpc) is 2.49. The van der Waals surface area contributed by atoms with Gasteiger partial charge in [0.25, 0.3) is 0 Å². The standard InChI is InChI=1S/C17H24BrNO5/c1-17(2,3)24-16(21)19-9-5-6-10-23-14-8-7-12(18)11-13(14)15(20)22-4/h7-8,11H,5-6,9-10H2,1-4H3,(H,19,21). The van der Waals surface area contributed by atoms with Crippen LogP contribution in [0.2, 0.25) is 0 Å². The molecule has 0 aliphatic carbocycles. The molecular formula is C17H24BrNO5. The summed E-state index contributed by atoms with van der Waals surface area (Å²) in [4.78, 5) is 23.2. The molecule has 1 aromatic carbocycles.